The summed E-state index contributed by atoms with van der Waals surface area (Å²) in [7, 11) is -3.73. The third-order valence-corrected chi connectivity index (χ3v) is 13.2. The zero-order valence-electron chi connectivity index (χ0n) is 24.8. The first-order valence-electron chi connectivity index (χ1n) is 15.6. The van der Waals surface area contributed by atoms with Gasteiger partial charge in [0.2, 0.25) is 0 Å². The molecule has 0 heterocycles. The van der Waals surface area contributed by atoms with E-state index in [4.69, 9.17) is 4.18 Å². The summed E-state index contributed by atoms with van der Waals surface area (Å²) >= 11 is 0. The molecule has 0 aliphatic heterocycles. The van der Waals surface area contributed by atoms with Gasteiger partial charge in [0.15, 0.2) is 0 Å². The predicted molar refractivity (Wildman–Crippen MR) is 156 cm³/mol. The summed E-state index contributed by atoms with van der Waals surface area (Å²) in [5.74, 6) is 4.93. The number of hydrogen-bond donors (Lipinski definition) is 0. The smallest absolute Gasteiger partial charge is 0.263 e. The van der Waals surface area contributed by atoms with Crippen LogP contribution in [0.15, 0.2) is 40.8 Å². The molecule has 0 spiro atoms. The highest BCUT2D eigenvalue weighted by Gasteiger charge is 2.59. The van der Waals surface area contributed by atoms with E-state index in [1.54, 1.807) is 12.1 Å². The van der Waals surface area contributed by atoms with E-state index in [-0.39, 0.29) is 16.4 Å². The summed E-state index contributed by atoms with van der Waals surface area (Å²) in [6, 6.07) is 7.02. The lowest BCUT2D eigenvalue weighted by atomic mass is 9.47. The molecule has 5 rings (SSSR count). The van der Waals surface area contributed by atoms with E-state index in [2.05, 4.69) is 40.7 Å². The Balaban J connectivity index is 1.27. The Labute approximate surface area is 233 Å². The third-order valence-electron chi connectivity index (χ3n) is 11.8. The maximum Gasteiger partial charge on any atom is 0.297 e. The van der Waals surface area contributed by atoms with Gasteiger partial charge in [0.25, 0.3) is 10.1 Å². The zero-order chi connectivity index (χ0) is 27.3. The lowest BCUT2D eigenvalue weighted by Crippen LogP contribution is -2.51. The van der Waals surface area contributed by atoms with Crippen LogP contribution in [-0.4, -0.2) is 14.5 Å². The molecule has 0 amide bonds. The van der Waals surface area contributed by atoms with Gasteiger partial charge in [0.05, 0.1) is 11.0 Å². The fraction of sp³-hybridized carbons (Fsp3) is 0.765. The van der Waals surface area contributed by atoms with Gasteiger partial charge in [-0.3, -0.25) is 4.18 Å². The van der Waals surface area contributed by atoms with Gasteiger partial charge >= 0.3 is 0 Å². The van der Waals surface area contributed by atoms with Crippen molar-refractivity contribution in [2.45, 2.75) is 123 Å². The van der Waals surface area contributed by atoms with Crippen molar-refractivity contribution in [1.29, 1.82) is 0 Å². The molecular formula is C34H52O3S. The van der Waals surface area contributed by atoms with Crippen molar-refractivity contribution in [2.75, 3.05) is 0 Å². The van der Waals surface area contributed by atoms with Gasteiger partial charge in [-0.1, -0.05) is 83.2 Å². The molecule has 0 saturated heterocycles. The SMILES string of the molecule is Cc1ccc(S(=O)(=O)O[C@H]2CC[C@@]3(C)C(=CC[C@H]4[C@@H]5CC[C@H]([C@H](C)CCCC(C)C)[C@@]5(C)CC[C@@H]43)C2)cc1. The Morgan fingerprint density at radius 1 is 0.947 bits per heavy atom. The molecule has 0 radical (unpaired) electrons. The molecule has 3 nitrogen and oxygen atoms in total. The van der Waals surface area contributed by atoms with Crippen molar-refractivity contribution in [3.63, 3.8) is 0 Å². The van der Waals surface area contributed by atoms with Crippen LogP contribution in [-0.2, 0) is 14.3 Å². The van der Waals surface area contributed by atoms with Crippen LogP contribution in [0.3, 0.4) is 0 Å². The molecule has 1 aromatic carbocycles. The highest BCUT2D eigenvalue weighted by molar-refractivity contribution is 7.86. The number of benzene rings is 1. The Hall–Kier alpha value is -1.13. The van der Waals surface area contributed by atoms with E-state index in [1.807, 2.05) is 19.1 Å². The number of hydrogen-bond acceptors (Lipinski definition) is 3. The molecular weight excluding hydrogens is 488 g/mol. The molecule has 4 aliphatic carbocycles. The van der Waals surface area contributed by atoms with Crippen LogP contribution in [0.25, 0.3) is 0 Å². The Kier molecular flexibility index (Phi) is 7.99. The largest absolute Gasteiger partial charge is 0.297 e. The van der Waals surface area contributed by atoms with Crippen molar-refractivity contribution in [3.05, 3.63) is 41.5 Å². The van der Waals surface area contributed by atoms with E-state index < -0.39 is 10.1 Å². The molecule has 4 aliphatic rings. The van der Waals surface area contributed by atoms with Gasteiger partial charge in [0, 0.05) is 0 Å². The lowest BCUT2D eigenvalue weighted by molar-refractivity contribution is -0.0556. The van der Waals surface area contributed by atoms with Gasteiger partial charge in [-0.2, -0.15) is 8.42 Å². The second-order valence-corrected chi connectivity index (χ2v) is 16.1. The molecule has 3 fully saturated rings. The van der Waals surface area contributed by atoms with Gasteiger partial charge in [0.1, 0.15) is 0 Å². The van der Waals surface area contributed by atoms with Gasteiger partial charge in [-0.15, -0.1) is 0 Å². The van der Waals surface area contributed by atoms with E-state index >= 15 is 0 Å². The summed E-state index contributed by atoms with van der Waals surface area (Å²) < 4.78 is 31.8. The summed E-state index contributed by atoms with van der Waals surface area (Å²) in [5, 5.41) is 0. The van der Waals surface area contributed by atoms with Crippen LogP contribution < -0.4 is 0 Å². The Bertz CT molecular complexity index is 1120. The summed E-state index contributed by atoms with van der Waals surface area (Å²) in [6.07, 6.45) is 15.8. The fourth-order valence-corrected chi connectivity index (χ4v) is 10.8. The molecule has 0 unspecified atom stereocenters. The number of fused-ring (bicyclic) bond motifs is 5. The molecule has 0 N–H and O–H groups in total. The molecule has 212 valence electrons. The molecule has 4 heteroatoms. The predicted octanol–water partition coefficient (Wildman–Crippen LogP) is 9.11. The normalized spacial score (nSPS) is 37.8. The standard InChI is InChI=1S/C34H52O3S/c1-23(2)8-7-9-25(4)30-16-17-31-29-15-12-26-22-27(37-38(35,36)28-13-10-24(3)11-14-28)18-20-33(26,5)32(29)19-21-34(30,31)6/h10-14,23,25,27,29-32H,7-9,15-22H2,1-6H3/t25-,27+,29+,30-,31+,32+,33+,34-/m1/s1. The minimum absolute atomic E-state index is 0.207. The van der Waals surface area contributed by atoms with Crippen LogP contribution in [0.2, 0.25) is 0 Å². The van der Waals surface area contributed by atoms with Crippen LogP contribution in [0.1, 0.15) is 111 Å². The van der Waals surface area contributed by atoms with Gasteiger partial charge in [-0.25, -0.2) is 0 Å². The van der Waals surface area contributed by atoms with Crippen molar-refractivity contribution >= 4 is 10.1 Å². The van der Waals surface area contributed by atoms with E-state index in [1.165, 1.54) is 56.9 Å². The second-order valence-electron chi connectivity index (χ2n) is 14.5. The zero-order valence-corrected chi connectivity index (χ0v) is 25.7. The molecule has 38 heavy (non-hydrogen) atoms. The molecule has 1 aromatic rings. The molecule has 0 aromatic heterocycles. The Morgan fingerprint density at radius 2 is 1.68 bits per heavy atom. The van der Waals surface area contributed by atoms with Crippen LogP contribution in [0.4, 0.5) is 0 Å². The molecule has 0 bridgehead atoms. The van der Waals surface area contributed by atoms with Crippen LogP contribution in [0.5, 0.6) is 0 Å². The van der Waals surface area contributed by atoms with Crippen molar-refractivity contribution < 1.29 is 12.6 Å². The average Bonchev–Trinajstić information content (AvgIpc) is 3.21. The number of rotatable bonds is 8. The monoisotopic (exact) mass is 540 g/mol. The van der Waals surface area contributed by atoms with Crippen molar-refractivity contribution in [1.82, 2.24) is 0 Å². The number of aryl methyl sites for hydroxylation is 1. The first kappa shape index (κ1) is 28.4. The molecule has 8 atom stereocenters. The first-order chi connectivity index (χ1) is 17.9. The first-order valence-corrected chi connectivity index (χ1v) is 17.0. The maximum absolute atomic E-state index is 13.0. The van der Waals surface area contributed by atoms with Gasteiger partial charge in [-0.05, 0) is 117 Å². The topological polar surface area (TPSA) is 43.4 Å². The molecule has 3 saturated carbocycles. The highest BCUT2D eigenvalue weighted by Crippen LogP contribution is 2.67. The fourth-order valence-electron chi connectivity index (χ4n) is 9.67. The minimum atomic E-state index is -3.73. The van der Waals surface area contributed by atoms with Crippen LogP contribution >= 0.6 is 0 Å². The Morgan fingerprint density at radius 3 is 2.39 bits per heavy atom. The summed E-state index contributed by atoms with van der Waals surface area (Å²) in [4.78, 5) is 0.273. The summed E-state index contributed by atoms with van der Waals surface area (Å²) in [6.45, 7) is 14.4. The quantitative estimate of drug-likeness (QED) is 0.244. The maximum atomic E-state index is 13.0. The highest BCUT2D eigenvalue weighted by atomic mass is 32.2. The van der Waals surface area contributed by atoms with Crippen LogP contribution in [0, 0.1) is 53.3 Å². The number of allylic oxidation sites excluding steroid dienone is 1. The second kappa shape index (κ2) is 10.7. The van der Waals surface area contributed by atoms with E-state index in [0.717, 1.165) is 60.3 Å². The summed E-state index contributed by atoms with van der Waals surface area (Å²) in [5.41, 5.74) is 3.24. The van der Waals surface area contributed by atoms with Gasteiger partial charge < -0.3 is 0 Å². The third kappa shape index (κ3) is 5.18. The average molecular weight is 541 g/mol. The van der Waals surface area contributed by atoms with E-state index in [0.29, 0.717) is 5.41 Å². The van der Waals surface area contributed by atoms with Crippen molar-refractivity contribution in [2.24, 2.45) is 46.3 Å². The minimum Gasteiger partial charge on any atom is -0.263 e. The lowest BCUT2D eigenvalue weighted by Gasteiger charge is -2.58. The van der Waals surface area contributed by atoms with E-state index in [9.17, 15) is 8.42 Å². The van der Waals surface area contributed by atoms with Crippen molar-refractivity contribution in [3.8, 4) is 0 Å².